The van der Waals surface area contributed by atoms with E-state index in [0.717, 1.165) is 20.6 Å². The smallest absolute Gasteiger partial charge is 0.216 e. The average molecular weight is 328 g/mol. The number of rotatable bonds is 4. The lowest BCUT2D eigenvalue weighted by Crippen LogP contribution is -1.87. The quantitative estimate of drug-likeness (QED) is 0.568. The van der Waals surface area contributed by atoms with E-state index < -0.39 is 0 Å². The van der Waals surface area contributed by atoms with Crippen LogP contribution in [0.4, 0.5) is 0 Å². The first-order chi connectivity index (χ1) is 10.6. The van der Waals surface area contributed by atoms with Crippen LogP contribution in [-0.4, -0.2) is 10.2 Å². The van der Waals surface area contributed by atoms with E-state index in [-0.39, 0.29) is 10.2 Å². The predicted molar refractivity (Wildman–Crippen MR) is 95.3 cm³/mol. The van der Waals surface area contributed by atoms with Crippen LogP contribution in [0.25, 0.3) is 10.8 Å². The highest BCUT2D eigenvalue weighted by Gasteiger charge is 2.07. The summed E-state index contributed by atoms with van der Waals surface area (Å²) in [6.45, 7) is 3.65. The van der Waals surface area contributed by atoms with Gasteiger partial charge in [0.2, 0.25) is 10.2 Å². The number of hydrogen-bond donors (Lipinski definition) is 0. The number of allylic oxidation sites excluding steroid dienone is 2. The summed E-state index contributed by atoms with van der Waals surface area (Å²) in [4.78, 5) is 25.2. The van der Waals surface area contributed by atoms with Gasteiger partial charge in [0.1, 0.15) is 0 Å². The molecule has 2 nitrogen and oxygen atoms in total. The maximum atomic E-state index is 11.8. The number of hydrogen-bond acceptors (Lipinski definition) is 4. The summed E-state index contributed by atoms with van der Waals surface area (Å²) in [5.74, 6) is 0. The van der Waals surface area contributed by atoms with Gasteiger partial charge < -0.3 is 0 Å². The van der Waals surface area contributed by atoms with Crippen molar-refractivity contribution in [2.45, 2.75) is 23.6 Å². The second-order valence-corrected chi connectivity index (χ2v) is 6.61. The van der Waals surface area contributed by atoms with Crippen molar-refractivity contribution in [3.8, 4) is 0 Å². The zero-order valence-electron chi connectivity index (χ0n) is 12.4. The molecule has 4 heteroatoms. The molecule has 0 amide bonds. The van der Waals surface area contributed by atoms with Gasteiger partial charge in [-0.15, -0.1) is 0 Å². The van der Waals surface area contributed by atoms with E-state index >= 15 is 0 Å². The lowest BCUT2D eigenvalue weighted by Gasteiger charge is -2.06. The topological polar surface area (TPSA) is 34.1 Å². The molecule has 0 aliphatic carbocycles. The largest absolute Gasteiger partial charge is 0.282 e. The zero-order valence-corrected chi connectivity index (χ0v) is 14.0. The molecule has 0 fully saturated rings. The van der Waals surface area contributed by atoms with Crippen molar-refractivity contribution < 1.29 is 9.59 Å². The third kappa shape index (κ3) is 4.36. The fourth-order valence-corrected chi connectivity index (χ4v) is 3.57. The van der Waals surface area contributed by atoms with E-state index in [0.29, 0.717) is 0 Å². The number of thioether (sulfide) groups is 2. The minimum absolute atomic E-state index is 0.00985. The molecule has 2 rings (SSSR count). The van der Waals surface area contributed by atoms with Gasteiger partial charge in [-0.1, -0.05) is 30.4 Å². The van der Waals surface area contributed by atoms with E-state index in [1.165, 1.54) is 23.5 Å². The standard InChI is InChI=1S/C18H16O2S2/c1-3-6-17(19)21-14-10-11-15-13(12-14)8-5-9-16(15)22-18(20)7-4-2/h3-12H,1-2H3. The minimum atomic E-state index is 0.00985. The van der Waals surface area contributed by atoms with E-state index in [1.54, 1.807) is 24.3 Å². The molecule has 0 atom stereocenters. The summed E-state index contributed by atoms with van der Waals surface area (Å²) in [7, 11) is 0. The lowest BCUT2D eigenvalue weighted by molar-refractivity contribution is -0.107. The highest BCUT2D eigenvalue weighted by molar-refractivity contribution is 8.14. The van der Waals surface area contributed by atoms with Crippen LogP contribution in [0.3, 0.4) is 0 Å². The van der Waals surface area contributed by atoms with Crippen LogP contribution in [0.15, 0.2) is 70.5 Å². The van der Waals surface area contributed by atoms with Crippen LogP contribution < -0.4 is 0 Å². The minimum Gasteiger partial charge on any atom is -0.282 e. The maximum absolute atomic E-state index is 11.8. The first-order valence-electron chi connectivity index (χ1n) is 6.86. The fourth-order valence-electron chi connectivity index (χ4n) is 1.95. The van der Waals surface area contributed by atoms with Crippen molar-refractivity contribution >= 4 is 44.5 Å². The Morgan fingerprint density at radius 2 is 1.59 bits per heavy atom. The van der Waals surface area contributed by atoms with Crippen LogP contribution in [0.2, 0.25) is 0 Å². The Morgan fingerprint density at radius 3 is 2.27 bits per heavy atom. The van der Waals surface area contributed by atoms with Crippen molar-refractivity contribution in [2.24, 2.45) is 0 Å². The van der Waals surface area contributed by atoms with Crippen molar-refractivity contribution in [1.82, 2.24) is 0 Å². The summed E-state index contributed by atoms with van der Waals surface area (Å²) in [6, 6.07) is 11.7. The zero-order chi connectivity index (χ0) is 15.9. The normalized spacial score (nSPS) is 11.5. The third-order valence-electron chi connectivity index (χ3n) is 2.85. The molecule has 0 heterocycles. The van der Waals surface area contributed by atoms with E-state index in [2.05, 4.69) is 0 Å². The van der Waals surface area contributed by atoms with Gasteiger partial charge in [-0.05, 0) is 78.5 Å². The van der Waals surface area contributed by atoms with E-state index in [9.17, 15) is 9.59 Å². The maximum Gasteiger partial charge on any atom is 0.216 e. The van der Waals surface area contributed by atoms with Crippen LogP contribution in [0.1, 0.15) is 13.8 Å². The second-order valence-electron chi connectivity index (χ2n) is 4.48. The molecule has 112 valence electrons. The molecule has 0 unspecified atom stereocenters. The monoisotopic (exact) mass is 328 g/mol. The van der Waals surface area contributed by atoms with Gasteiger partial charge in [-0.3, -0.25) is 9.59 Å². The molecular weight excluding hydrogens is 312 g/mol. The van der Waals surface area contributed by atoms with Crippen LogP contribution in [-0.2, 0) is 9.59 Å². The van der Waals surface area contributed by atoms with Gasteiger partial charge in [0.05, 0.1) is 0 Å². The first kappa shape index (κ1) is 16.6. The summed E-state index contributed by atoms with van der Waals surface area (Å²) in [6.07, 6.45) is 6.58. The van der Waals surface area contributed by atoms with Crippen LogP contribution in [0, 0.1) is 0 Å². The Hall–Kier alpha value is -1.78. The Kier molecular flexibility index (Phi) is 6.04. The summed E-state index contributed by atoms with van der Waals surface area (Å²) in [5, 5.41) is 2.07. The molecule has 22 heavy (non-hydrogen) atoms. The molecule has 2 aromatic rings. The van der Waals surface area contributed by atoms with Gasteiger partial charge in [0.15, 0.2) is 0 Å². The highest BCUT2D eigenvalue weighted by atomic mass is 32.2. The molecule has 0 aromatic heterocycles. The second kappa shape index (κ2) is 8.01. The van der Waals surface area contributed by atoms with Crippen molar-refractivity contribution in [3.63, 3.8) is 0 Å². The number of carbonyl (C=O) groups is 2. The number of fused-ring (bicyclic) bond motifs is 1. The SMILES string of the molecule is CC=CC(=O)Sc1ccc2c(SC(=O)C=CC)cccc2c1. The molecule has 2 aromatic carbocycles. The van der Waals surface area contributed by atoms with E-state index in [1.807, 2.05) is 50.2 Å². The van der Waals surface area contributed by atoms with Crippen molar-refractivity contribution in [3.05, 3.63) is 60.7 Å². The predicted octanol–water partition coefficient (Wildman–Crippen LogP) is 5.23. The molecule has 0 radical (unpaired) electrons. The average Bonchev–Trinajstić information content (AvgIpc) is 2.47. The highest BCUT2D eigenvalue weighted by Crippen LogP contribution is 2.31. The molecule has 0 aliphatic heterocycles. The van der Waals surface area contributed by atoms with Gasteiger partial charge in [0, 0.05) is 9.79 Å². The Morgan fingerprint density at radius 1 is 0.909 bits per heavy atom. The first-order valence-corrected chi connectivity index (χ1v) is 8.49. The van der Waals surface area contributed by atoms with Crippen LogP contribution in [0.5, 0.6) is 0 Å². The molecule has 0 bridgehead atoms. The molecule has 0 saturated heterocycles. The molecule has 0 saturated carbocycles. The molecule has 0 spiro atoms. The van der Waals surface area contributed by atoms with Gasteiger partial charge in [-0.2, -0.15) is 0 Å². The molecular formula is C18H16O2S2. The summed E-state index contributed by atoms with van der Waals surface area (Å²) >= 11 is 2.42. The summed E-state index contributed by atoms with van der Waals surface area (Å²) < 4.78 is 0. The van der Waals surface area contributed by atoms with Gasteiger partial charge >= 0.3 is 0 Å². The fraction of sp³-hybridized carbons (Fsp3) is 0.111. The third-order valence-corrected chi connectivity index (χ3v) is 4.59. The lowest BCUT2D eigenvalue weighted by atomic mass is 10.1. The van der Waals surface area contributed by atoms with Crippen molar-refractivity contribution in [2.75, 3.05) is 0 Å². The number of benzene rings is 2. The Balaban J connectivity index is 2.31. The molecule has 0 aliphatic rings. The summed E-state index contributed by atoms with van der Waals surface area (Å²) in [5.41, 5.74) is 0. The molecule has 0 N–H and O–H groups in total. The van der Waals surface area contributed by atoms with Gasteiger partial charge in [-0.25, -0.2) is 0 Å². The van der Waals surface area contributed by atoms with E-state index in [4.69, 9.17) is 0 Å². The Labute approximate surface area is 138 Å². The van der Waals surface area contributed by atoms with Gasteiger partial charge in [0.25, 0.3) is 0 Å². The Bertz CT molecular complexity index is 761. The number of carbonyl (C=O) groups excluding carboxylic acids is 2. The van der Waals surface area contributed by atoms with Crippen LogP contribution >= 0.6 is 23.5 Å². The van der Waals surface area contributed by atoms with Crippen molar-refractivity contribution in [1.29, 1.82) is 0 Å².